The first-order valence-corrected chi connectivity index (χ1v) is 14.2. The Morgan fingerprint density at radius 1 is 0.833 bits per heavy atom. The second-order valence-corrected chi connectivity index (χ2v) is 11.5. The van der Waals surface area contributed by atoms with Crippen molar-refractivity contribution < 1.29 is 9.68 Å². The van der Waals surface area contributed by atoms with Crippen LogP contribution in [0, 0.1) is 0 Å². The molecule has 0 bridgehead atoms. The fraction of sp³-hybridized carbons (Fsp3) is 0.545. The molecule has 1 aliphatic heterocycles. The molecule has 1 N–H and O–H groups in total. The molecule has 0 saturated heterocycles. The third-order valence-electron chi connectivity index (χ3n) is 7.41. The van der Waals surface area contributed by atoms with Gasteiger partial charge in [0.1, 0.15) is 24.5 Å². The number of para-hydroxylation sites is 2. The summed E-state index contributed by atoms with van der Waals surface area (Å²) in [6.07, 6.45) is 5.13. The van der Waals surface area contributed by atoms with E-state index < -0.39 is 0 Å². The number of anilines is 1. The number of rotatable bonds is 10. The maximum Gasteiger partial charge on any atom is 0.325 e. The topological polar surface area (TPSA) is 26.5 Å². The molecule has 0 radical (unpaired) electrons. The summed E-state index contributed by atoms with van der Waals surface area (Å²) in [6, 6.07) is 13.5. The predicted molar refractivity (Wildman–Crippen MR) is 157 cm³/mol. The minimum Gasteiger partial charge on any atom is -0.501 e. The molecule has 0 fully saturated rings. The van der Waals surface area contributed by atoms with E-state index in [0.29, 0.717) is 29.4 Å². The Labute approximate surface area is 220 Å². The molecule has 3 nitrogen and oxygen atoms in total. The van der Waals surface area contributed by atoms with Gasteiger partial charge in [-0.25, -0.2) is 9.48 Å². The molecule has 0 spiro atoms. The molecule has 1 aliphatic rings. The zero-order chi connectivity index (χ0) is 26.6. The molecule has 3 heteroatoms. The average Bonchev–Trinajstić information content (AvgIpc) is 3.27. The molecule has 2 aromatic carbocycles. The van der Waals surface area contributed by atoms with Gasteiger partial charge >= 0.3 is 5.84 Å². The number of hydrogen-bond acceptors (Lipinski definition) is 2. The molecule has 3 rings (SSSR count). The van der Waals surface area contributed by atoms with Gasteiger partial charge in [-0.2, -0.15) is 0 Å². The Kier molecular flexibility index (Phi) is 9.44. The van der Waals surface area contributed by atoms with Crippen molar-refractivity contribution in [3.8, 4) is 0 Å². The van der Waals surface area contributed by atoms with Gasteiger partial charge in [0.25, 0.3) is 0 Å². The van der Waals surface area contributed by atoms with Crippen molar-refractivity contribution in [2.24, 2.45) is 0 Å². The van der Waals surface area contributed by atoms with Crippen LogP contribution in [0.1, 0.15) is 128 Å². The number of unbranched alkanes of at least 4 members (excludes halogenated alkanes) is 2. The van der Waals surface area contributed by atoms with Crippen molar-refractivity contribution in [3.05, 3.63) is 70.5 Å². The zero-order valence-electron chi connectivity index (χ0n) is 24.2. The largest absolute Gasteiger partial charge is 0.501 e. The molecule has 36 heavy (non-hydrogen) atoms. The molecule has 196 valence electrons. The molecule has 0 amide bonds. The van der Waals surface area contributed by atoms with E-state index >= 15 is 0 Å². The Bertz CT molecular complexity index is 1050. The standard InChI is InChI=1S/C33H48N2O/c1-10-11-12-19-30(36)33-34(31-26(22(2)3)15-13-16-27(31)23(4)5)20-21-35(33)32-28(24(6)7)17-14-18-29(32)25(8)9/h13-19,22-25H,10-12,20-21H2,1-9H3/p+1/b30-19-. The first-order chi connectivity index (χ1) is 17.1. The number of hydrogen-bond donors (Lipinski definition) is 1. The highest BCUT2D eigenvalue weighted by atomic mass is 16.3. The number of aliphatic hydroxyl groups excluding tert-OH is 1. The maximum absolute atomic E-state index is 11.7. The quantitative estimate of drug-likeness (QED) is 0.204. The van der Waals surface area contributed by atoms with E-state index in [0.717, 1.165) is 38.2 Å². The first-order valence-electron chi connectivity index (χ1n) is 14.2. The van der Waals surface area contributed by atoms with Crippen molar-refractivity contribution in [3.63, 3.8) is 0 Å². The highest BCUT2D eigenvalue weighted by Gasteiger charge is 2.40. The van der Waals surface area contributed by atoms with Gasteiger partial charge in [-0.05, 0) is 42.6 Å². The molecule has 1 heterocycles. The molecular weight excluding hydrogens is 440 g/mol. The smallest absolute Gasteiger partial charge is 0.325 e. The average molecular weight is 490 g/mol. The highest BCUT2D eigenvalue weighted by molar-refractivity contribution is 6.07. The Balaban J connectivity index is 2.38. The van der Waals surface area contributed by atoms with E-state index in [1.54, 1.807) is 0 Å². The minimum atomic E-state index is 0.398. The summed E-state index contributed by atoms with van der Waals surface area (Å²) in [5, 5.41) is 11.7. The number of amidine groups is 1. The van der Waals surface area contributed by atoms with Crippen molar-refractivity contribution >= 4 is 17.2 Å². The monoisotopic (exact) mass is 489 g/mol. The van der Waals surface area contributed by atoms with Crippen LogP contribution < -0.4 is 4.90 Å². The van der Waals surface area contributed by atoms with Crippen molar-refractivity contribution in [2.45, 2.75) is 105 Å². The van der Waals surface area contributed by atoms with Crippen LogP contribution in [0.3, 0.4) is 0 Å². The van der Waals surface area contributed by atoms with E-state index in [1.807, 2.05) is 6.08 Å². The summed E-state index contributed by atoms with van der Waals surface area (Å²) in [5.41, 5.74) is 7.96. The van der Waals surface area contributed by atoms with Crippen LogP contribution in [0.5, 0.6) is 0 Å². The predicted octanol–water partition coefficient (Wildman–Crippen LogP) is 9.38. The lowest BCUT2D eigenvalue weighted by molar-refractivity contribution is -0.430. The summed E-state index contributed by atoms with van der Waals surface area (Å²) in [4.78, 5) is 2.42. The van der Waals surface area contributed by atoms with Gasteiger partial charge < -0.3 is 5.11 Å². The second kappa shape index (κ2) is 12.1. The fourth-order valence-corrected chi connectivity index (χ4v) is 5.45. The van der Waals surface area contributed by atoms with Gasteiger partial charge in [0.05, 0.1) is 0 Å². The van der Waals surface area contributed by atoms with Crippen LogP contribution in [-0.4, -0.2) is 28.6 Å². The minimum absolute atomic E-state index is 0.398. The summed E-state index contributed by atoms with van der Waals surface area (Å²) in [6.45, 7) is 22.1. The molecule has 0 unspecified atom stereocenters. The van der Waals surface area contributed by atoms with E-state index in [2.05, 4.69) is 108 Å². The van der Waals surface area contributed by atoms with Crippen molar-refractivity contribution in [2.75, 3.05) is 18.0 Å². The highest BCUT2D eigenvalue weighted by Crippen LogP contribution is 2.40. The van der Waals surface area contributed by atoms with E-state index in [9.17, 15) is 5.11 Å². The second-order valence-electron chi connectivity index (χ2n) is 11.5. The third-order valence-corrected chi connectivity index (χ3v) is 7.41. The number of aliphatic hydroxyl groups is 1. The van der Waals surface area contributed by atoms with Crippen molar-refractivity contribution in [1.29, 1.82) is 0 Å². The lowest BCUT2D eigenvalue weighted by Crippen LogP contribution is -2.33. The van der Waals surface area contributed by atoms with Gasteiger partial charge in [-0.3, -0.25) is 0 Å². The zero-order valence-corrected chi connectivity index (χ0v) is 24.2. The number of benzene rings is 2. The maximum atomic E-state index is 11.7. The van der Waals surface area contributed by atoms with Gasteiger partial charge in [-0.15, -0.1) is 0 Å². The van der Waals surface area contributed by atoms with Crippen LogP contribution in [0.2, 0.25) is 0 Å². The fourth-order valence-electron chi connectivity index (χ4n) is 5.45. The first kappa shape index (κ1) is 28.0. The van der Waals surface area contributed by atoms with Gasteiger partial charge in [0.15, 0.2) is 0 Å². The van der Waals surface area contributed by atoms with Crippen LogP contribution in [-0.2, 0) is 0 Å². The van der Waals surface area contributed by atoms with Gasteiger partial charge in [-0.1, -0.05) is 105 Å². The Morgan fingerprint density at radius 3 is 1.75 bits per heavy atom. The molecule has 0 saturated carbocycles. The van der Waals surface area contributed by atoms with Crippen LogP contribution in [0.4, 0.5) is 11.4 Å². The lowest BCUT2D eigenvalue weighted by atomic mass is 9.91. The van der Waals surface area contributed by atoms with E-state index in [4.69, 9.17) is 0 Å². The number of nitrogens with zero attached hydrogens (tertiary/aromatic N) is 2. The molecule has 0 atom stereocenters. The Morgan fingerprint density at radius 2 is 1.31 bits per heavy atom. The lowest BCUT2D eigenvalue weighted by Gasteiger charge is -2.24. The van der Waals surface area contributed by atoms with Crippen LogP contribution in [0.25, 0.3) is 0 Å². The Hall–Kier alpha value is -2.55. The number of allylic oxidation sites excluding steroid dienone is 1. The molecule has 0 aromatic heterocycles. The van der Waals surface area contributed by atoms with Crippen LogP contribution >= 0.6 is 0 Å². The third kappa shape index (κ3) is 5.71. The van der Waals surface area contributed by atoms with Crippen molar-refractivity contribution in [1.82, 2.24) is 0 Å². The normalized spacial score (nSPS) is 14.9. The molecular formula is C33H49N2O+. The van der Waals surface area contributed by atoms with Gasteiger partial charge in [0.2, 0.25) is 5.76 Å². The van der Waals surface area contributed by atoms with Crippen LogP contribution in [0.15, 0.2) is 48.2 Å². The summed E-state index contributed by atoms with van der Waals surface area (Å²) in [7, 11) is 0. The van der Waals surface area contributed by atoms with E-state index in [-0.39, 0.29) is 0 Å². The molecule has 0 aliphatic carbocycles. The van der Waals surface area contributed by atoms with Gasteiger partial charge in [0, 0.05) is 22.3 Å². The summed E-state index contributed by atoms with van der Waals surface area (Å²) >= 11 is 0. The molecule has 2 aromatic rings. The summed E-state index contributed by atoms with van der Waals surface area (Å²) < 4.78 is 2.42. The SMILES string of the molecule is CCCC/C=C(\O)C1=[N+](c2c(C(C)C)cccc2C(C)C)CCN1c1c(C(C)C)cccc1C(C)C. The summed E-state index contributed by atoms with van der Waals surface area (Å²) in [5.74, 6) is 2.94. The van der Waals surface area contributed by atoms with E-state index in [1.165, 1.54) is 33.6 Å².